The standard InChI is InChI=1S/C18H32/c1-3-13(2)18-16-10-6-4-8-14(16)12-15-9-5-7-11-17(15)18/h13-18H,3-12H2,1-2H3. The number of rotatable bonds is 2. The van der Waals surface area contributed by atoms with Crippen LogP contribution in [0.15, 0.2) is 0 Å². The van der Waals surface area contributed by atoms with Crippen LogP contribution < -0.4 is 0 Å². The first-order chi connectivity index (χ1) is 8.81. The predicted molar refractivity (Wildman–Crippen MR) is 78.5 cm³/mol. The van der Waals surface area contributed by atoms with E-state index in [9.17, 15) is 0 Å². The molecule has 0 spiro atoms. The molecule has 0 aromatic carbocycles. The second kappa shape index (κ2) is 5.55. The molecule has 0 saturated heterocycles. The molecule has 0 heterocycles. The fourth-order valence-corrected chi connectivity index (χ4v) is 5.89. The molecule has 5 unspecified atom stereocenters. The van der Waals surface area contributed by atoms with Crippen LogP contribution >= 0.6 is 0 Å². The highest BCUT2D eigenvalue weighted by molar-refractivity contribution is 4.96. The van der Waals surface area contributed by atoms with Crippen molar-refractivity contribution in [2.75, 3.05) is 0 Å². The maximum absolute atomic E-state index is 2.56. The van der Waals surface area contributed by atoms with Crippen molar-refractivity contribution >= 4 is 0 Å². The van der Waals surface area contributed by atoms with Crippen LogP contribution in [0, 0.1) is 35.5 Å². The summed E-state index contributed by atoms with van der Waals surface area (Å²) in [5.74, 6) is 6.57. The molecular weight excluding hydrogens is 216 g/mol. The van der Waals surface area contributed by atoms with Gasteiger partial charge in [-0.3, -0.25) is 0 Å². The van der Waals surface area contributed by atoms with Gasteiger partial charge < -0.3 is 0 Å². The van der Waals surface area contributed by atoms with E-state index in [1.165, 1.54) is 32.1 Å². The van der Waals surface area contributed by atoms with E-state index in [0.717, 1.165) is 35.5 Å². The van der Waals surface area contributed by atoms with Crippen LogP contribution in [0.5, 0.6) is 0 Å². The van der Waals surface area contributed by atoms with Gasteiger partial charge in [0.2, 0.25) is 0 Å². The molecule has 0 aromatic heterocycles. The number of hydrogen-bond donors (Lipinski definition) is 0. The zero-order valence-corrected chi connectivity index (χ0v) is 12.5. The van der Waals surface area contributed by atoms with Gasteiger partial charge in [-0.05, 0) is 54.8 Å². The van der Waals surface area contributed by atoms with E-state index in [4.69, 9.17) is 0 Å². The first-order valence-corrected chi connectivity index (χ1v) is 8.81. The molecule has 0 aromatic rings. The minimum Gasteiger partial charge on any atom is -0.0651 e. The molecule has 0 amide bonds. The Labute approximate surface area is 114 Å². The molecule has 3 aliphatic rings. The van der Waals surface area contributed by atoms with Crippen LogP contribution in [0.2, 0.25) is 0 Å². The lowest BCUT2D eigenvalue weighted by molar-refractivity contribution is -0.0374. The molecule has 3 saturated carbocycles. The molecule has 3 aliphatic carbocycles. The van der Waals surface area contributed by atoms with Gasteiger partial charge in [-0.15, -0.1) is 0 Å². The van der Waals surface area contributed by atoms with Gasteiger partial charge in [0.25, 0.3) is 0 Å². The third-order valence-corrected chi connectivity index (χ3v) is 6.83. The van der Waals surface area contributed by atoms with E-state index in [1.54, 1.807) is 32.1 Å². The number of hydrogen-bond acceptors (Lipinski definition) is 0. The lowest BCUT2D eigenvalue weighted by atomic mass is 9.52. The Kier molecular flexibility index (Phi) is 4.01. The van der Waals surface area contributed by atoms with Crippen LogP contribution in [0.3, 0.4) is 0 Å². The molecule has 104 valence electrons. The van der Waals surface area contributed by atoms with E-state index in [2.05, 4.69) is 13.8 Å². The normalized spacial score (nSPS) is 46.0. The first-order valence-electron chi connectivity index (χ1n) is 8.81. The van der Waals surface area contributed by atoms with Crippen molar-refractivity contribution in [1.29, 1.82) is 0 Å². The van der Waals surface area contributed by atoms with E-state index in [1.807, 2.05) is 0 Å². The van der Waals surface area contributed by atoms with E-state index >= 15 is 0 Å². The zero-order chi connectivity index (χ0) is 12.5. The predicted octanol–water partition coefficient (Wildman–Crippen LogP) is 5.67. The van der Waals surface area contributed by atoms with Crippen LogP contribution in [0.1, 0.15) is 78.1 Å². The molecule has 3 rings (SSSR count). The highest BCUT2D eigenvalue weighted by Gasteiger charge is 2.46. The third kappa shape index (κ3) is 2.25. The fourth-order valence-electron chi connectivity index (χ4n) is 5.89. The monoisotopic (exact) mass is 248 g/mol. The molecule has 0 radical (unpaired) electrons. The maximum atomic E-state index is 2.56. The Morgan fingerprint density at radius 1 is 0.833 bits per heavy atom. The van der Waals surface area contributed by atoms with Gasteiger partial charge in [-0.25, -0.2) is 0 Å². The zero-order valence-electron chi connectivity index (χ0n) is 12.5. The summed E-state index contributed by atoms with van der Waals surface area (Å²) in [6.45, 7) is 4.99. The summed E-state index contributed by atoms with van der Waals surface area (Å²) in [6.07, 6.45) is 15.4. The summed E-state index contributed by atoms with van der Waals surface area (Å²) in [5.41, 5.74) is 0. The van der Waals surface area contributed by atoms with Crippen molar-refractivity contribution in [2.24, 2.45) is 35.5 Å². The Morgan fingerprint density at radius 2 is 1.33 bits per heavy atom. The minimum atomic E-state index is 0.987. The number of fused-ring (bicyclic) bond motifs is 2. The molecule has 3 fully saturated rings. The smallest absolute Gasteiger partial charge is 0.0326 e. The van der Waals surface area contributed by atoms with Crippen molar-refractivity contribution in [3.8, 4) is 0 Å². The molecular formula is C18H32. The summed E-state index contributed by atoms with van der Waals surface area (Å²) < 4.78 is 0. The highest BCUT2D eigenvalue weighted by atomic mass is 14.5. The van der Waals surface area contributed by atoms with Crippen LogP contribution in [-0.4, -0.2) is 0 Å². The fraction of sp³-hybridized carbons (Fsp3) is 1.00. The third-order valence-electron chi connectivity index (χ3n) is 6.83. The van der Waals surface area contributed by atoms with Crippen LogP contribution in [0.4, 0.5) is 0 Å². The van der Waals surface area contributed by atoms with Crippen molar-refractivity contribution in [1.82, 2.24) is 0 Å². The highest BCUT2D eigenvalue weighted by Crippen LogP contribution is 2.55. The summed E-state index contributed by atoms with van der Waals surface area (Å²) in [4.78, 5) is 0. The Hall–Kier alpha value is 0. The van der Waals surface area contributed by atoms with Gasteiger partial charge in [0.15, 0.2) is 0 Å². The molecule has 0 aliphatic heterocycles. The van der Waals surface area contributed by atoms with Gasteiger partial charge in [-0.1, -0.05) is 58.8 Å². The molecule has 18 heavy (non-hydrogen) atoms. The first kappa shape index (κ1) is 13.0. The maximum Gasteiger partial charge on any atom is -0.0326 e. The van der Waals surface area contributed by atoms with Crippen LogP contribution in [0.25, 0.3) is 0 Å². The van der Waals surface area contributed by atoms with Gasteiger partial charge in [0, 0.05) is 0 Å². The van der Waals surface area contributed by atoms with Crippen molar-refractivity contribution < 1.29 is 0 Å². The molecule has 5 atom stereocenters. The van der Waals surface area contributed by atoms with Crippen LogP contribution in [-0.2, 0) is 0 Å². The minimum absolute atomic E-state index is 0.987. The van der Waals surface area contributed by atoms with Gasteiger partial charge in [0.1, 0.15) is 0 Å². The van der Waals surface area contributed by atoms with E-state index < -0.39 is 0 Å². The lowest BCUT2D eigenvalue weighted by Gasteiger charge is -2.53. The Bertz CT molecular complexity index is 247. The average Bonchev–Trinajstić information content (AvgIpc) is 2.44. The van der Waals surface area contributed by atoms with Gasteiger partial charge in [0.05, 0.1) is 0 Å². The molecule has 0 bridgehead atoms. The second-order valence-electron chi connectivity index (χ2n) is 7.62. The Morgan fingerprint density at radius 3 is 1.83 bits per heavy atom. The summed E-state index contributed by atoms with van der Waals surface area (Å²) >= 11 is 0. The van der Waals surface area contributed by atoms with Gasteiger partial charge in [-0.2, -0.15) is 0 Å². The van der Waals surface area contributed by atoms with Crippen molar-refractivity contribution in [3.05, 3.63) is 0 Å². The second-order valence-corrected chi connectivity index (χ2v) is 7.62. The summed E-state index contributed by atoms with van der Waals surface area (Å²) in [5, 5.41) is 0. The SMILES string of the molecule is CCC(C)C1C2CCCCC2CC2CCCCC21. The molecule has 0 nitrogen and oxygen atoms in total. The molecule has 0 heteroatoms. The van der Waals surface area contributed by atoms with Gasteiger partial charge >= 0.3 is 0 Å². The summed E-state index contributed by atoms with van der Waals surface area (Å²) in [7, 11) is 0. The largest absolute Gasteiger partial charge is 0.0651 e. The molecule has 0 N–H and O–H groups in total. The Balaban J connectivity index is 1.82. The average molecular weight is 248 g/mol. The lowest BCUT2D eigenvalue weighted by Crippen LogP contribution is -2.45. The van der Waals surface area contributed by atoms with Crippen molar-refractivity contribution in [2.45, 2.75) is 78.1 Å². The van der Waals surface area contributed by atoms with E-state index in [0.29, 0.717) is 0 Å². The quantitative estimate of drug-likeness (QED) is 0.591. The topological polar surface area (TPSA) is 0 Å². The summed E-state index contributed by atoms with van der Waals surface area (Å²) in [6, 6.07) is 0. The van der Waals surface area contributed by atoms with Crippen molar-refractivity contribution in [3.63, 3.8) is 0 Å². The van der Waals surface area contributed by atoms with E-state index in [-0.39, 0.29) is 0 Å².